The van der Waals surface area contributed by atoms with E-state index in [0.29, 0.717) is 23.5 Å². The van der Waals surface area contributed by atoms with Crippen LogP contribution in [0.5, 0.6) is 0 Å². The molecule has 5 rings (SSSR count). The Labute approximate surface area is 146 Å². The topological polar surface area (TPSA) is 52.2 Å². The molecular weight excluding hydrogens is 314 g/mol. The van der Waals surface area contributed by atoms with Crippen molar-refractivity contribution in [2.75, 3.05) is 0 Å². The van der Waals surface area contributed by atoms with Gasteiger partial charge in [-0.1, -0.05) is 0 Å². The highest BCUT2D eigenvalue weighted by atomic mass is 16.4. The van der Waals surface area contributed by atoms with Gasteiger partial charge >= 0.3 is 5.63 Å². The molecule has 0 N–H and O–H groups in total. The van der Waals surface area contributed by atoms with Crippen molar-refractivity contribution in [2.45, 2.75) is 26.2 Å². The molecule has 25 heavy (non-hydrogen) atoms. The predicted molar refractivity (Wildman–Crippen MR) is 94.8 cm³/mol. The number of nitrogens with zero attached hydrogens (tertiary/aromatic N) is 1. The summed E-state index contributed by atoms with van der Waals surface area (Å²) < 4.78 is 7.21. The van der Waals surface area contributed by atoms with Crippen molar-refractivity contribution in [3.05, 3.63) is 57.9 Å². The molecule has 0 unspecified atom stereocenters. The van der Waals surface area contributed by atoms with Crippen molar-refractivity contribution >= 4 is 16.9 Å². The minimum absolute atomic E-state index is 0.103. The van der Waals surface area contributed by atoms with Crippen LogP contribution in [0.1, 0.15) is 36.3 Å². The van der Waals surface area contributed by atoms with Gasteiger partial charge in [0, 0.05) is 36.5 Å². The molecular formula is C21H21NO3. The Morgan fingerprint density at radius 1 is 1.12 bits per heavy atom. The zero-order valence-electron chi connectivity index (χ0n) is 14.5. The van der Waals surface area contributed by atoms with Gasteiger partial charge in [-0.2, -0.15) is 0 Å². The Bertz CT molecular complexity index is 977. The lowest BCUT2D eigenvalue weighted by Crippen LogP contribution is -2.24. The first-order chi connectivity index (χ1) is 12.0. The molecule has 2 heterocycles. The molecule has 3 aliphatic carbocycles. The second-order valence-corrected chi connectivity index (χ2v) is 7.82. The van der Waals surface area contributed by atoms with Crippen molar-refractivity contribution < 1.29 is 9.21 Å². The van der Waals surface area contributed by atoms with Crippen molar-refractivity contribution in [1.29, 1.82) is 0 Å². The highest BCUT2D eigenvalue weighted by Gasteiger charge is 2.57. The van der Waals surface area contributed by atoms with Gasteiger partial charge in [0.2, 0.25) is 0 Å². The van der Waals surface area contributed by atoms with Crippen LogP contribution in [-0.2, 0) is 11.8 Å². The molecule has 0 saturated heterocycles. The van der Waals surface area contributed by atoms with E-state index >= 15 is 0 Å². The largest absolute Gasteiger partial charge is 0.428 e. The van der Waals surface area contributed by atoms with Crippen LogP contribution in [-0.4, -0.2) is 10.4 Å². The summed E-state index contributed by atoms with van der Waals surface area (Å²) in [5.41, 5.74) is 3.35. The Balaban J connectivity index is 1.79. The van der Waals surface area contributed by atoms with Crippen LogP contribution in [0.3, 0.4) is 0 Å². The van der Waals surface area contributed by atoms with Crippen LogP contribution < -0.4 is 5.63 Å². The zero-order valence-corrected chi connectivity index (χ0v) is 14.5. The average molecular weight is 335 g/mol. The Morgan fingerprint density at radius 2 is 1.88 bits per heavy atom. The molecule has 2 fully saturated rings. The quantitative estimate of drug-likeness (QED) is 0.845. The number of hydrogen-bond donors (Lipinski definition) is 0. The number of aryl methyl sites for hydroxylation is 2. The summed E-state index contributed by atoms with van der Waals surface area (Å²) in [5, 5.41) is 0. The maximum atomic E-state index is 13.4. The fraction of sp³-hybridized carbons (Fsp3) is 0.429. The van der Waals surface area contributed by atoms with E-state index in [1.165, 1.54) is 25.3 Å². The van der Waals surface area contributed by atoms with Gasteiger partial charge in [-0.25, -0.2) is 4.79 Å². The summed E-state index contributed by atoms with van der Waals surface area (Å²) in [4.78, 5) is 25.3. The second-order valence-electron chi connectivity index (χ2n) is 7.82. The van der Waals surface area contributed by atoms with E-state index in [2.05, 4.69) is 10.6 Å². The van der Waals surface area contributed by atoms with Crippen LogP contribution in [0, 0.1) is 30.6 Å². The highest BCUT2D eigenvalue weighted by Crippen LogP contribution is 2.62. The van der Waals surface area contributed by atoms with Gasteiger partial charge in [0.05, 0.1) is 0 Å². The monoisotopic (exact) mass is 335 g/mol. The third-order valence-electron chi connectivity index (χ3n) is 6.47. The number of Topliss-reactive ketones (excluding diaryl/α,β-unsaturated/α-hetero) is 1. The van der Waals surface area contributed by atoms with Gasteiger partial charge in [0.1, 0.15) is 5.76 Å². The molecule has 0 amide bonds. The third kappa shape index (κ3) is 2.00. The summed E-state index contributed by atoms with van der Waals surface area (Å²) in [6.45, 7) is 1.76. The number of carbonyl (C=O) groups is 1. The van der Waals surface area contributed by atoms with Crippen molar-refractivity contribution in [3.8, 4) is 0 Å². The molecule has 0 spiro atoms. The van der Waals surface area contributed by atoms with Crippen molar-refractivity contribution in [3.63, 3.8) is 0 Å². The number of hydrogen-bond acceptors (Lipinski definition) is 3. The lowest BCUT2D eigenvalue weighted by atomic mass is 9.78. The van der Waals surface area contributed by atoms with E-state index in [9.17, 15) is 9.59 Å². The summed E-state index contributed by atoms with van der Waals surface area (Å²) >= 11 is 0. The lowest BCUT2D eigenvalue weighted by Gasteiger charge is -2.26. The molecule has 3 aliphatic rings. The van der Waals surface area contributed by atoms with E-state index in [1.807, 2.05) is 25.4 Å². The van der Waals surface area contributed by atoms with Gasteiger partial charge in [0.15, 0.2) is 5.78 Å². The number of fused-ring (bicyclic) bond motifs is 5. The molecule has 0 aliphatic heterocycles. The summed E-state index contributed by atoms with van der Waals surface area (Å²) in [5.74, 6) is 2.31. The SMILES string of the molecule is Cc1cc(C2=C(c3cccn3C)[C@@H]3[C@H]4CC[C@H](C4)[C@@H]3C2=O)cc(=O)o1. The first kappa shape index (κ1) is 14.9. The predicted octanol–water partition coefficient (Wildman–Crippen LogP) is 3.44. The highest BCUT2D eigenvalue weighted by molar-refractivity contribution is 6.32. The van der Waals surface area contributed by atoms with E-state index in [4.69, 9.17) is 4.42 Å². The molecule has 2 aromatic heterocycles. The second kappa shape index (κ2) is 5.07. The molecule has 4 heteroatoms. The molecule has 2 aromatic rings. The van der Waals surface area contributed by atoms with E-state index in [1.54, 1.807) is 6.92 Å². The van der Waals surface area contributed by atoms with E-state index in [0.717, 1.165) is 22.4 Å². The van der Waals surface area contributed by atoms with E-state index in [-0.39, 0.29) is 17.3 Å². The maximum Gasteiger partial charge on any atom is 0.336 e. The van der Waals surface area contributed by atoms with Gasteiger partial charge in [-0.05, 0) is 73.3 Å². The molecule has 2 saturated carbocycles. The molecule has 2 bridgehead atoms. The Hall–Kier alpha value is -2.36. The van der Waals surface area contributed by atoms with Gasteiger partial charge in [-0.3, -0.25) is 4.79 Å². The van der Waals surface area contributed by atoms with Crippen LogP contribution in [0.2, 0.25) is 0 Å². The Morgan fingerprint density at radius 3 is 2.56 bits per heavy atom. The number of allylic oxidation sites excluding steroid dienone is 2. The van der Waals surface area contributed by atoms with Gasteiger partial charge < -0.3 is 8.98 Å². The van der Waals surface area contributed by atoms with Crippen molar-refractivity contribution in [2.24, 2.45) is 30.7 Å². The third-order valence-corrected chi connectivity index (χ3v) is 6.47. The number of rotatable bonds is 2. The Kier molecular flexibility index (Phi) is 3.03. The fourth-order valence-corrected chi connectivity index (χ4v) is 5.64. The average Bonchev–Trinajstić information content (AvgIpc) is 3.29. The summed E-state index contributed by atoms with van der Waals surface area (Å²) in [6, 6.07) is 7.43. The van der Waals surface area contributed by atoms with Crippen LogP contribution in [0.25, 0.3) is 11.1 Å². The molecule has 4 nitrogen and oxygen atoms in total. The van der Waals surface area contributed by atoms with Crippen LogP contribution in [0.4, 0.5) is 0 Å². The minimum Gasteiger partial charge on any atom is -0.428 e. The molecule has 0 aromatic carbocycles. The maximum absolute atomic E-state index is 13.4. The van der Waals surface area contributed by atoms with Crippen LogP contribution in [0.15, 0.2) is 39.7 Å². The molecule has 0 radical (unpaired) electrons. The molecule has 128 valence electrons. The molecule has 4 atom stereocenters. The van der Waals surface area contributed by atoms with Gasteiger partial charge in [-0.15, -0.1) is 0 Å². The number of ketones is 1. The number of aromatic nitrogens is 1. The van der Waals surface area contributed by atoms with Gasteiger partial charge in [0.25, 0.3) is 0 Å². The fourth-order valence-electron chi connectivity index (χ4n) is 5.64. The smallest absolute Gasteiger partial charge is 0.336 e. The first-order valence-electron chi connectivity index (χ1n) is 9.07. The normalized spacial score (nSPS) is 30.4. The summed E-state index contributed by atoms with van der Waals surface area (Å²) in [7, 11) is 2.02. The standard InChI is InChI=1S/C21H21NO3/c1-11-8-14(10-16(23)25-11)19-20(15-4-3-7-22(15)2)17-12-5-6-13(9-12)18(17)21(19)24/h3-4,7-8,10,12-13,17-18H,5-6,9H2,1-2H3/t12-,13+,17+,18-/m0/s1. The summed E-state index contributed by atoms with van der Waals surface area (Å²) in [6.07, 6.45) is 5.59. The first-order valence-corrected chi connectivity index (χ1v) is 9.07. The van der Waals surface area contributed by atoms with E-state index < -0.39 is 0 Å². The zero-order chi connectivity index (χ0) is 17.3. The van der Waals surface area contributed by atoms with Crippen LogP contribution >= 0.6 is 0 Å². The lowest BCUT2D eigenvalue weighted by molar-refractivity contribution is -0.118. The number of carbonyl (C=O) groups excluding carboxylic acids is 1. The minimum atomic E-state index is -0.387. The van der Waals surface area contributed by atoms with Crippen molar-refractivity contribution in [1.82, 2.24) is 4.57 Å².